The van der Waals surface area contributed by atoms with Crippen LogP contribution in [0.2, 0.25) is 0 Å². The molecule has 0 spiro atoms. The number of aromatic hydroxyl groups is 1. The van der Waals surface area contributed by atoms with Crippen LogP contribution in [0, 0.1) is 0 Å². The number of hydrogen-bond donors (Lipinski definition) is 4. The van der Waals surface area contributed by atoms with Crippen LogP contribution in [0.25, 0.3) is 21.5 Å². The van der Waals surface area contributed by atoms with Crippen LogP contribution in [0.4, 0.5) is 0 Å². The summed E-state index contributed by atoms with van der Waals surface area (Å²) in [5, 5.41) is 16.3. The van der Waals surface area contributed by atoms with Gasteiger partial charge in [0.15, 0.2) is 11.4 Å². The van der Waals surface area contributed by atoms with Gasteiger partial charge in [-0.2, -0.15) is 0 Å². The molecule has 0 radical (unpaired) electrons. The molecule has 6 nitrogen and oxygen atoms in total. The van der Waals surface area contributed by atoms with Crippen molar-refractivity contribution >= 4 is 27.5 Å². The Labute approximate surface area is 196 Å². The minimum Gasteiger partial charge on any atom is -0.503 e. The molecule has 34 heavy (non-hydrogen) atoms. The standard InChI is InChI=1S/C21H17N.C7H8N2O3/c22-21(19-11-9-15-5-1-3-7-17(15)13-19)20-12-10-16-6-2-4-8-18(16)14-20;1-8-7(12)5-6(11)4(10)2-3-9-5/h1-14,21H,22H2;2-3,11H,1H3,(H,8,12)(H,9,10). The van der Waals surface area contributed by atoms with Crippen molar-refractivity contribution in [2.24, 2.45) is 5.73 Å². The Hall–Kier alpha value is -4.42. The van der Waals surface area contributed by atoms with Crippen LogP contribution in [-0.4, -0.2) is 23.0 Å². The maximum atomic E-state index is 10.9. The zero-order valence-electron chi connectivity index (χ0n) is 18.7. The maximum absolute atomic E-state index is 10.9. The Morgan fingerprint density at radius 1 is 0.824 bits per heavy atom. The molecule has 0 saturated heterocycles. The van der Waals surface area contributed by atoms with Crippen LogP contribution in [0.3, 0.4) is 0 Å². The summed E-state index contributed by atoms with van der Waals surface area (Å²) in [6.45, 7) is 0. The van der Waals surface area contributed by atoms with Crippen molar-refractivity contribution in [2.45, 2.75) is 6.04 Å². The number of carbonyl (C=O) groups is 1. The van der Waals surface area contributed by atoms with Crippen LogP contribution in [0.5, 0.6) is 5.75 Å². The van der Waals surface area contributed by atoms with Gasteiger partial charge >= 0.3 is 0 Å². The molecule has 5 N–H and O–H groups in total. The highest BCUT2D eigenvalue weighted by atomic mass is 16.3. The fourth-order valence-corrected chi connectivity index (χ4v) is 3.76. The summed E-state index contributed by atoms with van der Waals surface area (Å²) in [7, 11) is 1.41. The van der Waals surface area contributed by atoms with E-state index in [-0.39, 0.29) is 11.7 Å². The van der Waals surface area contributed by atoms with E-state index < -0.39 is 17.1 Å². The van der Waals surface area contributed by atoms with Crippen molar-refractivity contribution in [3.63, 3.8) is 0 Å². The summed E-state index contributed by atoms with van der Waals surface area (Å²) < 4.78 is 0. The van der Waals surface area contributed by atoms with Gasteiger partial charge in [-0.1, -0.05) is 72.8 Å². The molecule has 1 heterocycles. The van der Waals surface area contributed by atoms with E-state index in [0.717, 1.165) is 17.2 Å². The SMILES string of the molecule is CNC(=O)c1[nH]ccc(=O)c1O.NC(c1ccc2ccccc2c1)c1ccc2ccccc2c1. The topological polar surface area (TPSA) is 108 Å². The third-order valence-electron chi connectivity index (χ3n) is 5.65. The van der Waals surface area contributed by atoms with Gasteiger partial charge in [-0.25, -0.2) is 0 Å². The zero-order chi connectivity index (χ0) is 24.1. The molecule has 0 aliphatic carbocycles. The molecular weight excluding hydrogens is 426 g/mol. The molecule has 0 unspecified atom stereocenters. The highest BCUT2D eigenvalue weighted by Crippen LogP contribution is 2.26. The first-order valence-corrected chi connectivity index (χ1v) is 10.8. The first-order valence-electron chi connectivity index (χ1n) is 10.8. The van der Waals surface area contributed by atoms with Gasteiger partial charge in [-0.3, -0.25) is 9.59 Å². The molecule has 0 fully saturated rings. The highest BCUT2D eigenvalue weighted by Gasteiger charge is 2.11. The number of carbonyl (C=O) groups excluding carboxylic acids is 1. The summed E-state index contributed by atoms with van der Waals surface area (Å²) in [5.41, 5.74) is 8.10. The van der Waals surface area contributed by atoms with Crippen molar-refractivity contribution in [1.29, 1.82) is 0 Å². The van der Waals surface area contributed by atoms with Crippen molar-refractivity contribution in [1.82, 2.24) is 10.3 Å². The van der Waals surface area contributed by atoms with Gasteiger partial charge in [0, 0.05) is 19.3 Å². The largest absolute Gasteiger partial charge is 0.503 e. The summed E-state index contributed by atoms with van der Waals surface area (Å²) in [5.74, 6) is -1.08. The molecule has 1 amide bonds. The molecule has 5 aromatic rings. The smallest absolute Gasteiger partial charge is 0.271 e. The van der Waals surface area contributed by atoms with Crippen molar-refractivity contribution < 1.29 is 9.90 Å². The van der Waals surface area contributed by atoms with Gasteiger partial charge in [-0.05, 0) is 44.8 Å². The highest BCUT2D eigenvalue weighted by molar-refractivity contribution is 5.94. The molecule has 4 aromatic carbocycles. The summed E-state index contributed by atoms with van der Waals surface area (Å²) in [6, 6.07) is 30.7. The van der Waals surface area contributed by atoms with Crippen LogP contribution in [0.15, 0.2) is 102 Å². The molecule has 0 atom stereocenters. The summed E-state index contributed by atoms with van der Waals surface area (Å²) in [6.07, 6.45) is 1.30. The fourth-order valence-electron chi connectivity index (χ4n) is 3.76. The monoisotopic (exact) mass is 451 g/mol. The number of H-pyrrole nitrogens is 1. The number of benzene rings is 4. The summed E-state index contributed by atoms with van der Waals surface area (Å²) >= 11 is 0. The van der Waals surface area contributed by atoms with Gasteiger partial charge in [0.25, 0.3) is 5.91 Å². The predicted octanol–water partition coefficient (Wildman–Crippen LogP) is 4.48. The van der Waals surface area contributed by atoms with E-state index in [0.29, 0.717) is 0 Å². The maximum Gasteiger partial charge on any atom is 0.271 e. The molecule has 170 valence electrons. The second-order valence-electron chi connectivity index (χ2n) is 7.84. The first kappa shape index (κ1) is 22.8. The lowest BCUT2D eigenvalue weighted by Gasteiger charge is -2.14. The number of aromatic amines is 1. The Balaban J connectivity index is 0.000000195. The third kappa shape index (κ3) is 4.82. The lowest BCUT2D eigenvalue weighted by atomic mass is 9.95. The minimum absolute atomic E-state index is 0.103. The minimum atomic E-state index is -0.577. The summed E-state index contributed by atoms with van der Waals surface area (Å²) in [4.78, 5) is 24.2. The number of hydrogen-bond acceptors (Lipinski definition) is 4. The normalized spacial score (nSPS) is 10.7. The van der Waals surface area contributed by atoms with Crippen molar-refractivity contribution in [3.05, 3.63) is 124 Å². The Morgan fingerprint density at radius 2 is 1.32 bits per heavy atom. The van der Waals surface area contributed by atoms with E-state index >= 15 is 0 Å². The Morgan fingerprint density at radius 3 is 1.82 bits per heavy atom. The Kier molecular flexibility index (Phi) is 6.71. The molecule has 0 bridgehead atoms. The number of nitrogens with two attached hydrogens (primary N) is 1. The van der Waals surface area contributed by atoms with Crippen molar-refractivity contribution in [2.75, 3.05) is 7.05 Å². The zero-order valence-corrected chi connectivity index (χ0v) is 18.7. The molecule has 1 aromatic heterocycles. The average molecular weight is 452 g/mol. The quantitative estimate of drug-likeness (QED) is 0.324. The van der Waals surface area contributed by atoms with E-state index in [2.05, 4.69) is 95.2 Å². The second-order valence-corrected chi connectivity index (χ2v) is 7.84. The van der Waals surface area contributed by atoms with E-state index in [1.165, 1.54) is 34.8 Å². The lowest BCUT2D eigenvalue weighted by Crippen LogP contribution is -2.21. The molecule has 0 aliphatic rings. The van der Waals surface area contributed by atoms with Crippen LogP contribution in [0.1, 0.15) is 27.7 Å². The fraction of sp³-hybridized carbons (Fsp3) is 0.0714. The van der Waals surface area contributed by atoms with Gasteiger partial charge in [0.1, 0.15) is 0 Å². The number of fused-ring (bicyclic) bond motifs is 2. The molecule has 5 rings (SSSR count). The molecular formula is C28H25N3O3. The second kappa shape index (κ2) is 10.0. The van der Waals surface area contributed by atoms with Crippen LogP contribution < -0.4 is 16.5 Å². The number of pyridine rings is 1. The average Bonchev–Trinajstić information content (AvgIpc) is 2.89. The number of rotatable bonds is 3. The number of nitrogens with one attached hydrogen (secondary N) is 2. The van der Waals surface area contributed by atoms with Gasteiger partial charge in [0.2, 0.25) is 5.43 Å². The van der Waals surface area contributed by atoms with E-state index in [9.17, 15) is 9.59 Å². The van der Waals surface area contributed by atoms with Crippen LogP contribution >= 0.6 is 0 Å². The number of aromatic nitrogens is 1. The Bertz CT molecular complexity index is 1450. The van der Waals surface area contributed by atoms with Crippen LogP contribution in [-0.2, 0) is 0 Å². The predicted molar refractivity (Wildman–Crippen MR) is 136 cm³/mol. The van der Waals surface area contributed by atoms with Gasteiger partial charge < -0.3 is 21.1 Å². The lowest BCUT2D eigenvalue weighted by molar-refractivity contribution is 0.0955. The van der Waals surface area contributed by atoms with E-state index in [4.69, 9.17) is 10.8 Å². The van der Waals surface area contributed by atoms with Gasteiger partial charge in [-0.15, -0.1) is 0 Å². The number of amides is 1. The van der Waals surface area contributed by atoms with E-state index in [1.54, 1.807) is 0 Å². The van der Waals surface area contributed by atoms with Crippen molar-refractivity contribution in [3.8, 4) is 5.75 Å². The molecule has 0 aliphatic heterocycles. The molecule has 6 heteroatoms. The van der Waals surface area contributed by atoms with Gasteiger partial charge in [0.05, 0.1) is 6.04 Å². The third-order valence-corrected chi connectivity index (χ3v) is 5.65. The first-order chi connectivity index (χ1) is 16.5. The van der Waals surface area contributed by atoms with E-state index in [1.807, 2.05) is 0 Å². The molecule has 0 saturated carbocycles.